The molecule has 0 aliphatic carbocycles. The fourth-order valence-corrected chi connectivity index (χ4v) is 2.22. The van der Waals surface area contributed by atoms with E-state index in [4.69, 9.17) is 5.73 Å². The Balaban J connectivity index is 1.96. The third-order valence-electron chi connectivity index (χ3n) is 3.32. The molecule has 2 rings (SSSR count). The molecule has 0 saturated carbocycles. The fraction of sp³-hybridized carbons (Fsp3) is 0.800. The van der Waals surface area contributed by atoms with E-state index >= 15 is 0 Å². The van der Waals surface area contributed by atoms with Crippen molar-refractivity contribution >= 4 is 11.9 Å². The minimum atomic E-state index is -0.128. The largest absolute Gasteiger partial charge is 0.339 e. The molecule has 6 nitrogen and oxygen atoms in total. The normalized spacial score (nSPS) is 26.4. The van der Waals surface area contributed by atoms with Crippen molar-refractivity contribution in [1.29, 1.82) is 0 Å². The zero-order chi connectivity index (χ0) is 11.7. The zero-order valence-electron chi connectivity index (χ0n) is 9.48. The monoisotopic (exact) mass is 226 g/mol. The van der Waals surface area contributed by atoms with Crippen molar-refractivity contribution < 1.29 is 9.59 Å². The van der Waals surface area contributed by atoms with Crippen LogP contribution in [-0.4, -0.2) is 60.5 Å². The molecule has 2 heterocycles. The lowest BCUT2D eigenvalue weighted by molar-refractivity contribution is -0.136. The molecule has 0 bridgehead atoms. The molecule has 2 aliphatic rings. The SMILES string of the molecule is CC(CN)C(=O)N1CCN2C(=O)NCC2C1. The number of nitrogens with zero attached hydrogens (tertiary/aromatic N) is 2. The first kappa shape index (κ1) is 11.2. The molecule has 90 valence electrons. The molecule has 6 heteroatoms. The summed E-state index contributed by atoms with van der Waals surface area (Å²) in [5.41, 5.74) is 5.48. The predicted octanol–water partition coefficient (Wildman–Crippen LogP) is -1.18. The summed E-state index contributed by atoms with van der Waals surface area (Å²) in [6.45, 7) is 4.72. The van der Waals surface area contributed by atoms with E-state index in [1.165, 1.54) is 0 Å². The van der Waals surface area contributed by atoms with Gasteiger partial charge >= 0.3 is 6.03 Å². The molecule has 2 unspecified atom stereocenters. The number of nitrogens with two attached hydrogens (primary N) is 1. The Morgan fingerprint density at radius 3 is 3.06 bits per heavy atom. The summed E-state index contributed by atoms with van der Waals surface area (Å²) in [4.78, 5) is 26.9. The number of amides is 3. The van der Waals surface area contributed by atoms with Crippen LogP contribution in [0.5, 0.6) is 0 Å². The summed E-state index contributed by atoms with van der Waals surface area (Å²) in [7, 11) is 0. The minimum absolute atomic E-state index is 0.0102. The average Bonchev–Trinajstić information content (AvgIpc) is 2.68. The van der Waals surface area contributed by atoms with Crippen molar-refractivity contribution in [3.63, 3.8) is 0 Å². The lowest BCUT2D eigenvalue weighted by Gasteiger charge is -2.37. The van der Waals surface area contributed by atoms with Crippen LogP contribution in [0.4, 0.5) is 4.79 Å². The molecule has 2 atom stereocenters. The highest BCUT2D eigenvalue weighted by Gasteiger charge is 2.37. The molecule has 3 N–H and O–H groups in total. The Labute approximate surface area is 94.7 Å². The Kier molecular flexibility index (Phi) is 3.00. The van der Waals surface area contributed by atoms with Crippen LogP contribution in [0.1, 0.15) is 6.92 Å². The maximum Gasteiger partial charge on any atom is 0.317 e. The Morgan fingerprint density at radius 2 is 2.38 bits per heavy atom. The van der Waals surface area contributed by atoms with Crippen molar-refractivity contribution in [2.24, 2.45) is 11.7 Å². The number of carbonyl (C=O) groups is 2. The van der Waals surface area contributed by atoms with E-state index in [-0.39, 0.29) is 23.9 Å². The highest BCUT2D eigenvalue weighted by Crippen LogP contribution is 2.15. The van der Waals surface area contributed by atoms with Crippen molar-refractivity contribution in [3.05, 3.63) is 0 Å². The van der Waals surface area contributed by atoms with Gasteiger partial charge in [-0.1, -0.05) is 6.92 Å². The second-order valence-electron chi connectivity index (χ2n) is 4.45. The molecule has 2 saturated heterocycles. The summed E-state index contributed by atoms with van der Waals surface area (Å²) in [6.07, 6.45) is 0. The van der Waals surface area contributed by atoms with Crippen LogP contribution < -0.4 is 11.1 Å². The lowest BCUT2D eigenvalue weighted by atomic mass is 10.1. The Morgan fingerprint density at radius 1 is 1.62 bits per heavy atom. The molecular weight excluding hydrogens is 208 g/mol. The van der Waals surface area contributed by atoms with Crippen LogP contribution in [0.3, 0.4) is 0 Å². The van der Waals surface area contributed by atoms with Gasteiger partial charge in [0.15, 0.2) is 0 Å². The van der Waals surface area contributed by atoms with Gasteiger partial charge in [-0.25, -0.2) is 4.79 Å². The number of urea groups is 1. The molecule has 16 heavy (non-hydrogen) atoms. The predicted molar refractivity (Wildman–Crippen MR) is 58.7 cm³/mol. The second kappa shape index (κ2) is 4.29. The van der Waals surface area contributed by atoms with Gasteiger partial charge in [-0.05, 0) is 0 Å². The van der Waals surface area contributed by atoms with Crippen molar-refractivity contribution in [3.8, 4) is 0 Å². The maximum absolute atomic E-state index is 11.9. The maximum atomic E-state index is 11.9. The number of carbonyl (C=O) groups excluding carboxylic acids is 2. The first-order chi connectivity index (χ1) is 7.63. The van der Waals surface area contributed by atoms with E-state index in [2.05, 4.69) is 5.32 Å². The molecule has 0 radical (unpaired) electrons. The summed E-state index contributed by atoms with van der Waals surface area (Å²) < 4.78 is 0. The smallest absolute Gasteiger partial charge is 0.317 e. The van der Waals surface area contributed by atoms with E-state index in [9.17, 15) is 9.59 Å². The van der Waals surface area contributed by atoms with Gasteiger partial charge < -0.3 is 20.9 Å². The lowest BCUT2D eigenvalue weighted by Crippen LogP contribution is -2.55. The van der Waals surface area contributed by atoms with Gasteiger partial charge in [-0.15, -0.1) is 0 Å². The van der Waals surface area contributed by atoms with E-state index in [1.807, 2.05) is 11.8 Å². The summed E-state index contributed by atoms with van der Waals surface area (Å²) in [5.74, 6) is -0.0295. The van der Waals surface area contributed by atoms with Crippen molar-refractivity contribution in [2.75, 3.05) is 32.7 Å². The van der Waals surface area contributed by atoms with Gasteiger partial charge in [-0.3, -0.25) is 4.79 Å². The molecule has 0 spiro atoms. The molecule has 0 aromatic heterocycles. The second-order valence-corrected chi connectivity index (χ2v) is 4.45. The van der Waals surface area contributed by atoms with E-state index in [1.54, 1.807) is 4.90 Å². The Bertz CT molecular complexity index is 307. The number of fused-ring (bicyclic) bond motifs is 1. The van der Waals surface area contributed by atoms with Crippen LogP contribution in [0, 0.1) is 5.92 Å². The standard InChI is InChI=1S/C10H18N4O2/c1-7(4-11)9(15)13-2-3-14-8(6-13)5-12-10(14)16/h7-8H,2-6,11H2,1H3,(H,12,16). The first-order valence-corrected chi connectivity index (χ1v) is 5.66. The molecule has 0 aromatic carbocycles. The fourth-order valence-electron chi connectivity index (χ4n) is 2.22. The quantitative estimate of drug-likeness (QED) is 0.622. The number of hydrogen-bond acceptors (Lipinski definition) is 3. The van der Waals surface area contributed by atoms with Crippen molar-refractivity contribution in [2.45, 2.75) is 13.0 Å². The van der Waals surface area contributed by atoms with Gasteiger partial charge in [0.05, 0.1) is 6.04 Å². The number of piperazine rings is 1. The van der Waals surface area contributed by atoms with E-state index in [0.29, 0.717) is 32.7 Å². The average molecular weight is 226 g/mol. The molecule has 2 fully saturated rings. The first-order valence-electron chi connectivity index (χ1n) is 5.66. The topological polar surface area (TPSA) is 78.7 Å². The van der Waals surface area contributed by atoms with Crippen LogP contribution in [0.25, 0.3) is 0 Å². The van der Waals surface area contributed by atoms with Crippen molar-refractivity contribution in [1.82, 2.24) is 15.1 Å². The Hall–Kier alpha value is -1.30. The van der Waals surface area contributed by atoms with Crippen LogP contribution in [0.15, 0.2) is 0 Å². The van der Waals surface area contributed by atoms with Crippen LogP contribution in [-0.2, 0) is 4.79 Å². The number of hydrogen-bond donors (Lipinski definition) is 2. The third kappa shape index (κ3) is 1.84. The number of nitrogens with one attached hydrogen (secondary N) is 1. The van der Waals surface area contributed by atoms with Gasteiger partial charge in [0.2, 0.25) is 5.91 Å². The summed E-state index contributed by atoms with van der Waals surface area (Å²) in [6, 6.07) is 0.124. The van der Waals surface area contributed by atoms with Gasteiger partial charge in [0.1, 0.15) is 0 Å². The van der Waals surface area contributed by atoms with Gasteiger partial charge in [0, 0.05) is 38.6 Å². The summed E-state index contributed by atoms with van der Waals surface area (Å²) in [5, 5.41) is 2.79. The summed E-state index contributed by atoms with van der Waals surface area (Å²) >= 11 is 0. The third-order valence-corrected chi connectivity index (χ3v) is 3.32. The zero-order valence-corrected chi connectivity index (χ0v) is 9.48. The van der Waals surface area contributed by atoms with Crippen LogP contribution in [0.2, 0.25) is 0 Å². The van der Waals surface area contributed by atoms with E-state index < -0.39 is 0 Å². The van der Waals surface area contributed by atoms with Gasteiger partial charge in [0.25, 0.3) is 0 Å². The van der Waals surface area contributed by atoms with Crippen LogP contribution >= 0.6 is 0 Å². The van der Waals surface area contributed by atoms with E-state index in [0.717, 1.165) is 0 Å². The highest BCUT2D eigenvalue weighted by molar-refractivity contribution is 5.80. The minimum Gasteiger partial charge on any atom is -0.339 e. The molecular formula is C10H18N4O2. The van der Waals surface area contributed by atoms with Gasteiger partial charge in [-0.2, -0.15) is 0 Å². The highest BCUT2D eigenvalue weighted by atomic mass is 16.2. The molecule has 0 aromatic rings. The molecule has 3 amide bonds. The number of rotatable bonds is 2. The molecule has 2 aliphatic heterocycles.